The Morgan fingerprint density at radius 1 is 1.67 bits per heavy atom. The SMILES string of the molecule is [2H]C([2H])([2H])n1cc2c(Br)cc(Cl)cc2n1. The molecule has 0 fully saturated rings. The van der Waals surface area contributed by atoms with Crippen molar-refractivity contribution in [1.29, 1.82) is 0 Å². The van der Waals surface area contributed by atoms with Gasteiger partial charge < -0.3 is 0 Å². The van der Waals surface area contributed by atoms with Gasteiger partial charge in [0.05, 0.1) is 5.52 Å². The number of halogens is 2. The molecule has 0 aliphatic heterocycles. The Morgan fingerprint density at radius 2 is 2.50 bits per heavy atom. The van der Waals surface area contributed by atoms with Crippen LogP contribution in [0.25, 0.3) is 10.9 Å². The summed E-state index contributed by atoms with van der Waals surface area (Å²) >= 11 is 9.13. The van der Waals surface area contributed by atoms with Gasteiger partial charge in [0.15, 0.2) is 0 Å². The molecular weight excluding hydrogens is 239 g/mol. The van der Waals surface area contributed by atoms with Crippen LogP contribution in [0, 0.1) is 0 Å². The van der Waals surface area contributed by atoms with Crippen LogP contribution < -0.4 is 0 Å². The third-order valence-electron chi connectivity index (χ3n) is 1.54. The van der Waals surface area contributed by atoms with Crippen LogP contribution in [0.5, 0.6) is 0 Å². The van der Waals surface area contributed by atoms with E-state index in [1.807, 2.05) is 0 Å². The second kappa shape index (κ2) is 2.75. The van der Waals surface area contributed by atoms with E-state index in [9.17, 15) is 0 Å². The first kappa shape index (κ1) is 5.25. The van der Waals surface area contributed by atoms with E-state index in [1.54, 1.807) is 12.1 Å². The Kier molecular flexibility index (Phi) is 1.20. The summed E-state index contributed by atoms with van der Waals surface area (Å²) in [6, 6.07) is 3.33. The van der Waals surface area contributed by atoms with Crippen molar-refractivity contribution in [3.63, 3.8) is 0 Å². The molecule has 0 atom stereocenters. The monoisotopic (exact) mass is 247 g/mol. The lowest BCUT2D eigenvalue weighted by Gasteiger charge is -1.92. The average molecular weight is 249 g/mol. The molecule has 2 aromatic rings. The predicted molar refractivity (Wildman–Crippen MR) is 53.4 cm³/mol. The minimum absolute atomic E-state index is 0.519. The van der Waals surface area contributed by atoms with Crippen LogP contribution in [-0.4, -0.2) is 9.78 Å². The van der Waals surface area contributed by atoms with Crippen LogP contribution in [0.1, 0.15) is 4.11 Å². The average Bonchev–Trinajstić information content (AvgIpc) is 2.46. The van der Waals surface area contributed by atoms with Crippen LogP contribution in [0.4, 0.5) is 0 Å². The van der Waals surface area contributed by atoms with Gasteiger partial charge in [-0.3, -0.25) is 4.68 Å². The molecule has 2 nitrogen and oxygen atoms in total. The molecule has 0 N–H and O–H groups in total. The van der Waals surface area contributed by atoms with Crippen molar-refractivity contribution in [2.75, 3.05) is 0 Å². The van der Waals surface area contributed by atoms with Crippen molar-refractivity contribution >= 4 is 38.4 Å². The van der Waals surface area contributed by atoms with Crippen LogP contribution in [0.2, 0.25) is 5.02 Å². The summed E-state index contributed by atoms with van der Waals surface area (Å²) in [5.74, 6) is 0. The first-order chi connectivity index (χ1) is 6.88. The number of fused-ring (bicyclic) bond motifs is 1. The standard InChI is InChI=1S/C8H6BrClN2/c1-12-4-6-7(9)2-5(10)3-8(6)11-12/h2-4H,1H3/i1D3. The second-order valence-corrected chi connectivity index (χ2v) is 3.68. The van der Waals surface area contributed by atoms with Gasteiger partial charge in [-0.1, -0.05) is 11.6 Å². The smallest absolute Gasteiger partial charge is 0.0949 e. The summed E-state index contributed by atoms with van der Waals surface area (Å²) < 4.78 is 23.3. The molecule has 1 heterocycles. The van der Waals surface area contributed by atoms with Gasteiger partial charge in [0, 0.05) is 32.2 Å². The Hall–Kier alpha value is -0.540. The third kappa shape index (κ3) is 1.23. The van der Waals surface area contributed by atoms with Crippen molar-refractivity contribution < 1.29 is 4.11 Å². The highest BCUT2D eigenvalue weighted by Crippen LogP contribution is 2.26. The van der Waals surface area contributed by atoms with Crippen LogP contribution in [-0.2, 0) is 6.98 Å². The van der Waals surface area contributed by atoms with Gasteiger partial charge in [-0.2, -0.15) is 5.10 Å². The van der Waals surface area contributed by atoms with E-state index in [1.165, 1.54) is 6.20 Å². The molecule has 0 saturated heterocycles. The van der Waals surface area contributed by atoms with Gasteiger partial charge in [-0.05, 0) is 28.1 Å². The summed E-state index contributed by atoms with van der Waals surface area (Å²) in [5.41, 5.74) is 0.561. The summed E-state index contributed by atoms with van der Waals surface area (Å²) in [6.45, 7) is -2.26. The summed E-state index contributed by atoms with van der Waals surface area (Å²) in [6.07, 6.45) is 1.47. The molecule has 0 bridgehead atoms. The van der Waals surface area contributed by atoms with Gasteiger partial charge in [0.1, 0.15) is 0 Å². The fourth-order valence-corrected chi connectivity index (χ4v) is 1.95. The van der Waals surface area contributed by atoms with Crippen molar-refractivity contribution in [3.05, 3.63) is 27.8 Å². The lowest BCUT2D eigenvalue weighted by Crippen LogP contribution is -1.84. The van der Waals surface area contributed by atoms with Crippen molar-refractivity contribution in [1.82, 2.24) is 9.78 Å². The first-order valence-corrected chi connectivity index (χ1v) is 4.40. The largest absolute Gasteiger partial charge is 0.275 e. The summed E-state index contributed by atoms with van der Waals surface area (Å²) in [4.78, 5) is 0. The van der Waals surface area contributed by atoms with Gasteiger partial charge in [-0.25, -0.2) is 0 Å². The van der Waals surface area contributed by atoms with E-state index in [0.717, 1.165) is 14.5 Å². The van der Waals surface area contributed by atoms with Crippen molar-refractivity contribution in [2.24, 2.45) is 6.98 Å². The Balaban J connectivity index is 2.71. The van der Waals surface area contributed by atoms with Gasteiger partial charge in [-0.15, -0.1) is 0 Å². The molecule has 0 amide bonds. The lowest BCUT2D eigenvalue weighted by molar-refractivity contribution is 0.780. The molecule has 1 aromatic heterocycles. The number of hydrogen-bond acceptors (Lipinski definition) is 1. The zero-order chi connectivity index (χ0) is 11.2. The first-order valence-electron chi connectivity index (χ1n) is 4.73. The zero-order valence-electron chi connectivity index (χ0n) is 8.88. The van der Waals surface area contributed by atoms with Crippen molar-refractivity contribution in [3.8, 4) is 0 Å². The number of hydrogen-bond donors (Lipinski definition) is 0. The van der Waals surface area contributed by atoms with E-state index in [0.29, 0.717) is 10.5 Å². The summed E-state index contributed by atoms with van der Waals surface area (Å²) in [7, 11) is 0. The third-order valence-corrected chi connectivity index (χ3v) is 2.41. The molecule has 0 unspecified atom stereocenters. The van der Waals surface area contributed by atoms with E-state index < -0.39 is 6.98 Å². The molecule has 0 aliphatic rings. The zero-order valence-corrected chi connectivity index (χ0v) is 8.22. The fraction of sp³-hybridized carbons (Fsp3) is 0.125. The van der Waals surface area contributed by atoms with Crippen LogP contribution >= 0.6 is 27.5 Å². The molecule has 0 radical (unpaired) electrons. The maximum Gasteiger partial charge on any atom is 0.0949 e. The minimum atomic E-state index is -2.26. The highest BCUT2D eigenvalue weighted by molar-refractivity contribution is 9.10. The molecule has 4 heteroatoms. The van der Waals surface area contributed by atoms with Gasteiger partial charge >= 0.3 is 0 Å². The Morgan fingerprint density at radius 3 is 3.25 bits per heavy atom. The second-order valence-electron chi connectivity index (χ2n) is 2.39. The predicted octanol–water partition coefficient (Wildman–Crippen LogP) is 2.99. The lowest BCUT2D eigenvalue weighted by atomic mass is 10.3. The highest BCUT2D eigenvalue weighted by Gasteiger charge is 2.03. The molecule has 0 aliphatic carbocycles. The normalized spacial score (nSPS) is 15.7. The number of nitrogens with zero attached hydrogens (tertiary/aromatic N) is 2. The van der Waals surface area contributed by atoms with E-state index in [4.69, 9.17) is 15.7 Å². The number of aryl methyl sites for hydroxylation is 1. The molecule has 0 spiro atoms. The number of benzene rings is 1. The molecular formula is C8H6BrClN2. The van der Waals surface area contributed by atoms with E-state index in [-0.39, 0.29) is 0 Å². The fourth-order valence-electron chi connectivity index (χ4n) is 1.05. The maximum atomic E-state index is 7.21. The quantitative estimate of drug-likeness (QED) is 0.701. The summed E-state index contributed by atoms with van der Waals surface area (Å²) in [5, 5.41) is 5.20. The molecule has 1 aromatic carbocycles. The van der Waals surface area contributed by atoms with Crippen LogP contribution in [0.15, 0.2) is 22.8 Å². The Labute approximate surface area is 87.5 Å². The number of rotatable bonds is 0. The topological polar surface area (TPSA) is 17.8 Å². The number of aromatic nitrogens is 2. The van der Waals surface area contributed by atoms with Gasteiger partial charge in [0.2, 0.25) is 0 Å². The Bertz CT molecular complexity index is 520. The van der Waals surface area contributed by atoms with Crippen molar-refractivity contribution in [2.45, 2.75) is 0 Å². The maximum absolute atomic E-state index is 7.21. The molecule has 12 heavy (non-hydrogen) atoms. The van der Waals surface area contributed by atoms with E-state index >= 15 is 0 Å². The molecule has 62 valence electrons. The molecule has 0 saturated carbocycles. The highest BCUT2D eigenvalue weighted by atomic mass is 79.9. The van der Waals surface area contributed by atoms with Gasteiger partial charge in [0.25, 0.3) is 0 Å². The van der Waals surface area contributed by atoms with E-state index in [2.05, 4.69) is 21.0 Å². The molecule has 2 rings (SSSR count). The van der Waals surface area contributed by atoms with Crippen LogP contribution in [0.3, 0.4) is 0 Å². The minimum Gasteiger partial charge on any atom is -0.275 e.